The smallest absolute Gasteiger partial charge is 0.161 e. The van der Waals surface area contributed by atoms with E-state index in [2.05, 4.69) is 23.6 Å². The Morgan fingerprint density at radius 3 is 2.44 bits per heavy atom. The molecule has 2 aromatic carbocycles. The number of aromatic nitrogens is 2. The number of benzene rings is 2. The highest BCUT2D eigenvalue weighted by molar-refractivity contribution is 5.66. The van der Waals surface area contributed by atoms with Gasteiger partial charge >= 0.3 is 0 Å². The summed E-state index contributed by atoms with van der Waals surface area (Å²) < 4.78 is 12.7. The van der Waals surface area contributed by atoms with Gasteiger partial charge in [-0.25, -0.2) is 0 Å². The molecule has 0 radical (unpaired) electrons. The number of hydrogen-bond acceptors (Lipinski definition) is 4. The highest BCUT2D eigenvalue weighted by atomic mass is 16.5. The number of methoxy groups -OCH3 is 2. The van der Waals surface area contributed by atoms with Crippen LogP contribution in [-0.2, 0) is 13.1 Å². The maximum atomic E-state index is 5.43. The molecule has 25 heavy (non-hydrogen) atoms. The molecule has 0 atom stereocenters. The molecular weight excluding hydrogens is 314 g/mol. The van der Waals surface area contributed by atoms with E-state index in [0.29, 0.717) is 11.5 Å². The fraction of sp³-hybridized carbons (Fsp3) is 0.250. The molecule has 0 bridgehead atoms. The van der Waals surface area contributed by atoms with Gasteiger partial charge in [-0.3, -0.25) is 4.68 Å². The summed E-state index contributed by atoms with van der Waals surface area (Å²) in [6.45, 7) is 1.49. The lowest BCUT2D eigenvalue weighted by molar-refractivity contribution is 0.355. The van der Waals surface area contributed by atoms with Crippen LogP contribution in [0.3, 0.4) is 0 Å². The number of hydrogen-bond donors (Lipinski definition) is 1. The summed E-state index contributed by atoms with van der Waals surface area (Å²) >= 11 is 0. The molecule has 5 nitrogen and oxygen atoms in total. The largest absolute Gasteiger partial charge is 0.493 e. The zero-order valence-electron chi connectivity index (χ0n) is 14.8. The van der Waals surface area contributed by atoms with E-state index < -0.39 is 0 Å². The molecule has 0 unspecified atom stereocenters. The summed E-state index contributed by atoms with van der Waals surface area (Å²) in [7, 11) is 5.22. The van der Waals surface area contributed by atoms with Crippen LogP contribution in [0.15, 0.2) is 54.7 Å². The highest BCUT2D eigenvalue weighted by Gasteiger charge is 2.14. The zero-order valence-corrected chi connectivity index (χ0v) is 14.8. The average Bonchev–Trinajstić information content (AvgIpc) is 3.04. The van der Waals surface area contributed by atoms with Gasteiger partial charge in [0.25, 0.3) is 0 Å². The summed E-state index contributed by atoms with van der Waals surface area (Å²) in [5.41, 5.74) is 4.33. The number of nitrogens with zero attached hydrogens (tertiary/aromatic N) is 2. The van der Waals surface area contributed by atoms with Crippen LogP contribution in [0.25, 0.3) is 11.3 Å². The van der Waals surface area contributed by atoms with Gasteiger partial charge in [-0.05, 0) is 30.8 Å². The molecule has 0 aliphatic heterocycles. The molecule has 1 heterocycles. The van der Waals surface area contributed by atoms with E-state index in [0.717, 1.165) is 29.9 Å². The fourth-order valence-electron chi connectivity index (χ4n) is 2.86. The fourth-order valence-corrected chi connectivity index (χ4v) is 2.86. The number of nitrogens with one attached hydrogen (secondary N) is 1. The minimum Gasteiger partial charge on any atom is -0.493 e. The van der Waals surface area contributed by atoms with Gasteiger partial charge in [-0.15, -0.1) is 0 Å². The van der Waals surface area contributed by atoms with Gasteiger partial charge in [0.2, 0.25) is 0 Å². The molecular formula is C20H23N3O2. The second kappa shape index (κ2) is 7.85. The predicted octanol–water partition coefficient (Wildman–Crippen LogP) is 3.34. The van der Waals surface area contributed by atoms with E-state index in [4.69, 9.17) is 14.6 Å². The van der Waals surface area contributed by atoms with Gasteiger partial charge in [0, 0.05) is 23.9 Å². The third kappa shape index (κ3) is 3.83. The van der Waals surface area contributed by atoms with Crippen LogP contribution in [0, 0.1) is 0 Å². The Labute approximate surface area is 148 Å². The molecule has 1 N–H and O–H groups in total. The molecule has 0 fully saturated rings. The topological polar surface area (TPSA) is 48.3 Å². The van der Waals surface area contributed by atoms with Gasteiger partial charge in [-0.1, -0.05) is 30.3 Å². The van der Waals surface area contributed by atoms with Crippen molar-refractivity contribution in [1.82, 2.24) is 15.1 Å². The van der Waals surface area contributed by atoms with E-state index in [1.165, 1.54) is 5.56 Å². The Morgan fingerprint density at radius 1 is 1.00 bits per heavy atom. The first-order chi connectivity index (χ1) is 12.2. The minimum atomic E-state index is 0.702. The first kappa shape index (κ1) is 17.0. The van der Waals surface area contributed by atoms with Crippen molar-refractivity contribution in [1.29, 1.82) is 0 Å². The van der Waals surface area contributed by atoms with Crippen molar-refractivity contribution in [3.05, 3.63) is 65.9 Å². The third-order valence-electron chi connectivity index (χ3n) is 4.05. The summed E-state index contributed by atoms with van der Waals surface area (Å²) in [6.07, 6.45) is 2.09. The average molecular weight is 337 g/mol. The summed E-state index contributed by atoms with van der Waals surface area (Å²) in [6, 6.07) is 16.2. The van der Waals surface area contributed by atoms with Crippen LogP contribution in [0.1, 0.15) is 11.1 Å². The molecule has 3 aromatic rings. The van der Waals surface area contributed by atoms with E-state index in [1.807, 2.05) is 48.1 Å². The SMILES string of the molecule is CNCc1cn(Cc2ccccc2)nc1-c1ccc(OC)c(OC)c1. The predicted molar refractivity (Wildman–Crippen MR) is 99.1 cm³/mol. The van der Waals surface area contributed by atoms with Gasteiger partial charge in [0.15, 0.2) is 11.5 Å². The van der Waals surface area contributed by atoms with Crippen molar-refractivity contribution < 1.29 is 9.47 Å². The third-order valence-corrected chi connectivity index (χ3v) is 4.05. The Kier molecular flexibility index (Phi) is 5.36. The van der Waals surface area contributed by atoms with Crippen molar-refractivity contribution in [2.75, 3.05) is 21.3 Å². The van der Waals surface area contributed by atoms with Crippen LogP contribution in [0.5, 0.6) is 11.5 Å². The standard InChI is InChI=1S/C20H23N3O2/c1-21-12-17-14-23(13-15-7-5-4-6-8-15)22-20(17)16-9-10-18(24-2)19(11-16)25-3/h4-11,14,21H,12-13H2,1-3H3. The van der Waals surface area contributed by atoms with Crippen molar-refractivity contribution in [2.24, 2.45) is 0 Å². The lowest BCUT2D eigenvalue weighted by Crippen LogP contribution is -2.05. The first-order valence-corrected chi connectivity index (χ1v) is 8.22. The maximum Gasteiger partial charge on any atom is 0.161 e. The van der Waals surface area contributed by atoms with Gasteiger partial charge in [0.05, 0.1) is 26.5 Å². The molecule has 3 rings (SSSR count). The van der Waals surface area contributed by atoms with E-state index in [1.54, 1.807) is 14.2 Å². The van der Waals surface area contributed by atoms with Gasteiger partial charge < -0.3 is 14.8 Å². The number of ether oxygens (including phenoxy) is 2. The van der Waals surface area contributed by atoms with Crippen LogP contribution < -0.4 is 14.8 Å². The monoisotopic (exact) mass is 337 g/mol. The molecule has 0 aliphatic carbocycles. The summed E-state index contributed by atoms with van der Waals surface area (Å²) in [5, 5.41) is 8.02. The first-order valence-electron chi connectivity index (χ1n) is 8.22. The Hall–Kier alpha value is -2.79. The second-order valence-electron chi connectivity index (χ2n) is 5.79. The van der Waals surface area contributed by atoms with Crippen LogP contribution in [0.2, 0.25) is 0 Å². The molecule has 0 saturated heterocycles. The molecule has 1 aromatic heterocycles. The van der Waals surface area contributed by atoms with Crippen molar-refractivity contribution in [3.63, 3.8) is 0 Å². The summed E-state index contributed by atoms with van der Waals surface area (Å²) in [4.78, 5) is 0. The molecule has 5 heteroatoms. The molecule has 0 aliphatic rings. The van der Waals surface area contributed by atoms with Crippen LogP contribution in [-0.4, -0.2) is 31.0 Å². The molecule has 0 saturated carbocycles. The Bertz CT molecular complexity index is 828. The zero-order chi connectivity index (χ0) is 17.6. The minimum absolute atomic E-state index is 0.702. The van der Waals surface area contributed by atoms with Gasteiger partial charge in [-0.2, -0.15) is 5.10 Å². The summed E-state index contributed by atoms with van der Waals surface area (Å²) in [5.74, 6) is 1.41. The van der Waals surface area contributed by atoms with E-state index >= 15 is 0 Å². The molecule has 0 amide bonds. The lowest BCUT2D eigenvalue weighted by Gasteiger charge is -2.09. The van der Waals surface area contributed by atoms with E-state index in [9.17, 15) is 0 Å². The molecule has 130 valence electrons. The van der Waals surface area contributed by atoms with Crippen molar-refractivity contribution in [3.8, 4) is 22.8 Å². The quantitative estimate of drug-likeness (QED) is 0.718. The maximum absolute atomic E-state index is 5.43. The Balaban J connectivity index is 1.97. The molecule has 0 spiro atoms. The van der Waals surface area contributed by atoms with Crippen LogP contribution in [0.4, 0.5) is 0 Å². The van der Waals surface area contributed by atoms with Crippen molar-refractivity contribution in [2.45, 2.75) is 13.1 Å². The van der Waals surface area contributed by atoms with Crippen molar-refractivity contribution >= 4 is 0 Å². The normalized spacial score (nSPS) is 10.7. The van der Waals surface area contributed by atoms with Gasteiger partial charge in [0.1, 0.15) is 0 Å². The lowest BCUT2D eigenvalue weighted by atomic mass is 10.1. The highest BCUT2D eigenvalue weighted by Crippen LogP contribution is 2.33. The van der Waals surface area contributed by atoms with E-state index in [-0.39, 0.29) is 0 Å². The van der Waals surface area contributed by atoms with Crippen LogP contribution >= 0.6 is 0 Å². The second-order valence-corrected chi connectivity index (χ2v) is 5.79. The number of rotatable bonds is 7. The Morgan fingerprint density at radius 2 is 1.76 bits per heavy atom.